The van der Waals surface area contributed by atoms with Gasteiger partial charge in [-0.15, -0.1) is 47.5 Å². The Hall–Kier alpha value is -5.64. The fourth-order valence-corrected chi connectivity index (χ4v) is 9.16. The SMILES string of the molecule is CC(C)(C)c1ccc(-n2c(-c3[c-]cc(C#N)c4c3oc3ccccc34)nc3c4ccccc4ccc32)cc1.[2H]C([2H])([2H])c1c[c-]c(-c2cc(C([2H])(C)C)c([Si](C)(C)C)cn2)cc1.[Ir]. The third-order valence-electron chi connectivity index (χ3n) is 10.7. The topological polar surface area (TPSA) is 67.6 Å². The van der Waals surface area contributed by atoms with Crippen molar-refractivity contribution in [1.29, 1.82) is 5.26 Å². The number of hydrogen-bond acceptors (Lipinski definition) is 4. The summed E-state index contributed by atoms with van der Waals surface area (Å²) in [6.45, 7) is 15.0. The van der Waals surface area contributed by atoms with Gasteiger partial charge in [0.25, 0.3) is 0 Å². The predicted octanol–water partition coefficient (Wildman–Crippen LogP) is 13.2. The summed E-state index contributed by atoms with van der Waals surface area (Å²) in [5.74, 6) is 0.0137. The molecule has 9 rings (SSSR count). The van der Waals surface area contributed by atoms with Gasteiger partial charge in [0.1, 0.15) is 5.58 Å². The predicted molar refractivity (Wildman–Crippen MR) is 244 cm³/mol. The molecule has 0 aliphatic heterocycles. The maximum atomic E-state index is 9.90. The van der Waals surface area contributed by atoms with Crippen molar-refractivity contribution in [2.75, 3.05) is 0 Å². The number of hydrogen-bond donors (Lipinski definition) is 0. The van der Waals surface area contributed by atoms with E-state index in [1.54, 1.807) is 18.2 Å². The largest absolute Gasteiger partial charge is 0.500 e. The molecule has 0 bridgehead atoms. The molecular formula is C52H48IrN4OSi-2. The molecule has 59 heavy (non-hydrogen) atoms. The zero-order valence-corrected chi connectivity index (χ0v) is 38.0. The monoisotopic (exact) mass is 969 g/mol. The summed E-state index contributed by atoms with van der Waals surface area (Å²) in [5.41, 5.74) is 9.60. The van der Waals surface area contributed by atoms with Crippen LogP contribution in [0.4, 0.5) is 0 Å². The van der Waals surface area contributed by atoms with E-state index in [1.807, 2.05) is 62.5 Å². The van der Waals surface area contributed by atoms with Crippen molar-refractivity contribution in [2.24, 2.45) is 0 Å². The molecule has 9 aromatic rings. The zero-order chi connectivity index (χ0) is 44.4. The minimum atomic E-state index is -2.13. The number of fused-ring (bicyclic) bond motifs is 6. The molecule has 0 amide bonds. The first-order valence-corrected chi connectivity index (χ1v) is 23.0. The van der Waals surface area contributed by atoms with Crippen molar-refractivity contribution in [3.05, 3.63) is 156 Å². The molecule has 0 spiro atoms. The van der Waals surface area contributed by atoms with Crippen LogP contribution < -0.4 is 5.19 Å². The third-order valence-corrected chi connectivity index (χ3v) is 12.7. The number of imidazole rings is 1. The fourth-order valence-electron chi connectivity index (χ4n) is 7.57. The number of furan rings is 1. The third kappa shape index (κ3) is 7.93. The van der Waals surface area contributed by atoms with Crippen LogP contribution in [0.2, 0.25) is 19.6 Å². The van der Waals surface area contributed by atoms with Gasteiger partial charge in [-0.3, -0.25) is 4.98 Å². The van der Waals surface area contributed by atoms with Gasteiger partial charge in [-0.25, -0.2) is 5.26 Å². The minimum absolute atomic E-state index is 0. The van der Waals surface area contributed by atoms with Crippen LogP contribution in [0.3, 0.4) is 0 Å². The maximum Gasteiger partial charge on any atom is 0.120 e. The molecule has 297 valence electrons. The van der Waals surface area contributed by atoms with Crippen molar-refractivity contribution < 1.29 is 30.0 Å². The first-order chi connectivity index (χ1) is 29.2. The first-order valence-electron chi connectivity index (χ1n) is 21.5. The van der Waals surface area contributed by atoms with E-state index in [9.17, 15) is 5.26 Å². The van der Waals surface area contributed by atoms with Gasteiger partial charge in [-0.05, 0) is 68.4 Å². The van der Waals surface area contributed by atoms with Gasteiger partial charge in [0, 0.05) is 54.3 Å². The molecule has 0 saturated heterocycles. The van der Waals surface area contributed by atoms with E-state index in [4.69, 9.17) is 14.9 Å². The Labute approximate surface area is 367 Å². The Balaban J connectivity index is 0.000000207. The molecule has 5 nitrogen and oxygen atoms in total. The number of pyridine rings is 1. The summed E-state index contributed by atoms with van der Waals surface area (Å²) in [7, 11) is -1.61. The minimum Gasteiger partial charge on any atom is -0.500 e. The van der Waals surface area contributed by atoms with Crippen LogP contribution in [0.1, 0.15) is 68.2 Å². The van der Waals surface area contributed by atoms with E-state index in [-0.39, 0.29) is 31.1 Å². The Kier molecular flexibility index (Phi) is 10.00. The van der Waals surface area contributed by atoms with Gasteiger partial charge in [0.2, 0.25) is 0 Å². The fraction of sp³-hybridized carbons (Fsp3) is 0.212. The summed E-state index contributed by atoms with van der Waals surface area (Å²) in [4.78, 5) is 9.78. The number of nitrogens with zero attached hydrogens (tertiary/aromatic N) is 4. The molecule has 1 radical (unpaired) electrons. The summed E-state index contributed by atoms with van der Waals surface area (Å²) in [5, 5.41) is 15.0. The first kappa shape index (κ1) is 36.4. The van der Waals surface area contributed by atoms with Crippen molar-refractivity contribution in [3.8, 4) is 34.4 Å². The zero-order valence-electron chi connectivity index (χ0n) is 38.6. The molecule has 3 heterocycles. The van der Waals surface area contributed by atoms with E-state index in [2.05, 4.69) is 117 Å². The number of rotatable bonds is 5. The Morgan fingerprint density at radius 1 is 0.881 bits per heavy atom. The molecule has 0 saturated carbocycles. The van der Waals surface area contributed by atoms with E-state index in [1.165, 1.54) is 16.8 Å². The molecule has 0 aliphatic carbocycles. The molecule has 6 aromatic carbocycles. The molecule has 0 aliphatic rings. The molecule has 3 aromatic heterocycles. The van der Waals surface area contributed by atoms with Crippen LogP contribution in [0.25, 0.3) is 72.1 Å². The van der Waals surface area contributed by atoms with Crippen LogP contribution in [-0.4, -0.2) is 22.6 Å². The molecular weight excluding hydrogens is 917 g/mol. The molecule has 0 N–H and O–H groups in total. The molecule has 0 unspecified atom stereocenters. The summed E-state index contributed by atoms with van der Waals surface area (Å²) in [6.07, 6.45) is 1.89. The Morgan fingerprint density at radius 2 is 1.61 bits per heavy atom. The van der Waals surface area contributed by atoms with Crippen molar-refractivity contribution in [1.82, 2.24) is 14.5 Å². The van der Waals surface area contributed by atoms with Crippen molar-refractivity contribution >= 4 is 57.0 Å². The molecule has 0 fully saturated rings. The summed E-state index contributed by atoms with van der Waals surface area (Å²) in [6, 6.07) is 46.4. The van der Waals surface area contributed by atoms with Crippen molar-refractivity contribution in [2.45, 2.75) is 72.4 Å². The average Bonchev–Trinajstić information content (AvgIpc) is 3.82. The number of aromatic nitrogens is 3. The van der Waals surface area contributed by atoms with E-state index in [0.717, 1.165) is 72.1 Å². The van der Waals surface area contributed by atoms with Crippen LogP contribution in [0, 0.1) is 30.3 Å². The second-order valence-corrected chi connectivity index (χ2v) is 22.1. The van der Waals surface area contributed by atoms with Gasteiger partial charge in [-0.1, -0.05) is 139 Å². The summed E-state index contributed by atoms with van der Waals surface area (Å²) < 4.78 is 39.4. The second-order valence-electron chi connectivity index (χ2n) is 17.1. The van der Waals surface area contributed by atoms with E-state index in [0.29, 0.717) is 11.1 Å². The van der Waals surface area contributed by atoms with Gasteiger partial charge >= 0.3 is 0 Å². The smallest absolute Gasteiger partial charge is 0.120 e. The summed E-state index contributed by atoms with van der Waals surface area (Å²) >= 11 is 0. The molecule has 7 heteroatoms. The van der Waals surface area contributed by atoms with Gasteiger partial charge < -0.3 is 14.0 Å². The number of nitriles is 1. The normalized spacial score (nSPS) is 13.2. The van der Waals surface area contributed by atoms with Gasteiger partial charge in [0.15, 0.2) is 0 Å². The van der Waals surface area contributed by atoms with Gasteiger partial charge in [-0.2, -0.15) is 0 Å². The van der Waals surface area contributed by atoms with Crippen LogP contribution in [0.5, 0.6) is 0 Å². The van der Waals surface area contributed by atoms with E-state index >= 15 is 0 Å². The second kappa shape index (κ2) is 16.2. The average molecular weight is 969 g/mol. The van der Waals surface area contributed by atoms with Crippen LogP contribution in [0.15, 0.2) is 126 Å². The van der Waals surface area contributed by atoms with Crippen molar-refractivity contribution in [3.63, 3.8) is 0 Å². The Morgan fingerprint density at radius 3 is 2.27 bits per heavy atom. The number of benzene rings is 6. The quantitative estimate of drug-likeness (QED) is 0.127. The van der Waals surface area contributed by atoms with E-state index < -0.39 is 20.8 Å². The number of para-hydroxylation sites is 1. The van der Waals surface area contributed by atoms with Crippen LogP contribution in [-0.2, 0) is 25.5 Å². The van der Waals surface area contributed by atoms with Gasteiger partial charge in [0.05, 0.1) is 30.5 Å². The van der Waals surface area contributed by atoms with Crippen LogP contribution >= 0.6 is 0 Å². The maximum absolute atomic E-state index is 9.90. The Bertz CT molecular complexity index is 3180. The standard InChI is InChI=1S/C34H24N3O.C18H24NSi.Ir/c1-34(2,3)23-14-16-24(17-15-23)37-28-19-13-21-8-4-5-9-25(21)31(28)36-33(37)27-18-12-22(20-35)30-26-10-6-7-11-29(26)38-32(27)30;1-13(2)16-11-17(15-9-7-14(3)8-10-15)19-12-18(16)20(4,5)6;/h4-17,19H,1-3H3;7-9,11-13H,1-6H3;/q2*-1;/i;3D3,13D;. The number of aryl methyl sites for hydroxylation is 1. The molecule has 0 atom stereocenters.